The topological polar surface area (TPSA) is 66.5 Å². The van der Waals surface area contributed by atoms with E-state index in [1.807, 2.05) is 19.9 Å². The van der Waals surface area contributed by atoms with Crippen LogP contribution in [0.15, 0.2) is 30.3 Å². The molecular formula is C14H22N2O3S. The normalized spacial score (nSPS) is 12.8. The molecule has 1 aromatic rings. The quantitative estimate of drug-likeness (QED) is 0.834. The van der Waals surface area contributed by atoms with Crippen molar-refractivity contribution in [1.29, 1.82) is 0 Å². The Morgan fingerprint density at radius 3 is 2.45 bits per heavy atom. The molecule has 0 bridgehead atoms. The van der Waals surface area contributed by atoms with Crippen molar-refractivity contribution < 1.29 is 13.2 Å². The molecule has 0 heterocycles. The fourth-order valence-corrected chi connectivity index (χ4v) is 2.77. The fraction of sp³-hybridized carbons (Fsp3) is 0.500. The second-order valence-electron chi connectivity index (χ2n) is 4.75. The van der Waals surface area contributed by atoms with Gasteiger partial charge in [0.2, 0.25) is 15.9 Å². The molecular weight excluding hydrogens is 276 g/mol. The molecule has 1 atom stereocenters. The first-order valence-corrected chi connectivity index (χ1v) is 8.28. The second kappa shape index (κ2) is 7.28. The third kappa shape index (κ3) is 4.85. The van der Waals surface area contributed by atoms with Gasteiger partial charge in [0.1, 0.15) is 0 Å². The summed E-state index contributed by atoms with van der Waals surface area (Å²) in [7, 11) is -1.98. The highest BCUT2D eigenvalue weighted by Gasteiger charge is 2.20. The van der Waals surface area contributed by atoms with Crippen molar-refractivity contribution in [2.75, 3.05) is 17.1 Å². The summed E-state index contributed by atoms with van der Waals surface area (Å²) in [4.78, 5) is 11.6. The third-order valence-corrected chi connectivity index (χ3v) is 4.91. The minimum absolute atomic E-state index is 0.0240. The summed E-state index contributed by atoms with van der Waals surface area (Å²) in [5, 5.41) is 2.76. The maximum Gasteiger partial charge on any atom is 0.235 e. The van der Waals surface area contributed by atoms with Crippen LogP contribution < -0.4 is 9.62 Å². The largest absolute Gasteiger partial charge is 0.354 e. The number of hydrogen-bond acceptors (Lipinski definition) is 3. The van der Waals surface area contributed by atoms with Crippen LogP contribution in [0.1, 0.15) is 26.7 Å². The lowest BCUT2D eigenvalue weighted by molar-refractivity contribution is -0.121. The molecule has 1 rings (SSSR count). The maximum absolute atomic E-state index is 12.1. The number of nitrogens with zero attached hydrogens (tertiary/aromatic N) is 1. The van der Waals surface area contributed by atoms with E-state index >= 15 is 0 Å². The average molecular weight is 298 g/mol. The van der Waals surface area contributed by atoms with Gasteiger partial charge in [0.05, 0.1) is 11.4 Å². The fourth-order valence-electron chi connectivity index (χ4n) is 1.61. The van der Waals surface area contributed by atoms with E-state index in [0.717, 1.165) is 6.42 Å². The van der Waals surface area contributed by atoms with Gasteiger partial charge in [-0.05, 0) is 25.5 Å². The molecule has 0 aliphatic carbocycles. The molecule has 0 aliphatic heterocycles. The van der Waals surface area contributed by atoms with Gasteiger partial charge in [-0.2, -0.15) is 0 Å². The first kappa shape index (κ1) is 16.5. The van der Waals surface area contributed by atoms with Crippen LogP contribution in [0.25, 0.3) is 0 Å². The monoisotopic (exact) mass is 298 g/mol. The number of para-hydroxylation sites is 1. The van der Waals surface area contributed by atoms with E-state index in [9.17, 15) is 13.2 Å². The van der Waals surface area contributed by atoms with Gasteiger partial charge < -0.3 is 5.32 Å². The zero-order valence-electron chi connectivity index (χ0n) is 12.2. The van der Waals surface area contributed by atoms with Gasteiger partial charge >= 0.3 is 0 Å². The summed E-state index contributed by atoms with van der Waals surface area (Å²) >= 11 is 0. The van der Waals surface area contributed by atoms with Gasteiger partial charge in [0.15, 0.2) is 0 Å². The number of anilines is 1. The summed E-state index contributed by atoms with van der Waals surface area (Å²) < 4.78 is 25.5. The lowest BCUT2D eigenvalue weighted by Crippen LogP contribution is -2.35. The standard InChI is InChI=1S/C14H22N2O3S/c1-4-12(2)15-14(17)10-11-20(18,19)16(3)13-8-6-5-7-9-13/h5-9,12H,4,10-11H2,1-3H3,(H,15,17). The molecule has 112 valence electrons. The van der Waals surface area contributed by atoms with Gasteiger partial charge in [0, 0.05) is 19.5 Å². The van der Waals surface area contributed by atoms with Crippen LogP contribution in [0.4, 0.5) is 5.69 Å². The van der Waals surface area contributed by atoms with Gasteiger partial charge in [-0.1, -0.05) is 25.1 Å². The number of nitrogens with one attached hydrogen (secondary N) is 1. The Morgan fingerprint density at radius 2 is 1.90 bits per heavy atom. The van der Waals surface area contributed by atoms with E-state index in [0.29, 0.717) is 5.69 Å². The number of benzene rings is 1. The van der Waals surface area contributed by atoms with Gasteiger partial charge in [0.25, 0.3) is 0 Å². The third-order valence-electron chi connectivity index (χ3n) is 3.14. The molecule has 0 aromatic heterocycles. The van der Waals surface area contributed by atoms with Crippen molar-refractivity contribution in [3.63, 3.8) is 0 Å². The van der Waals surface area contributed by atoms with Gasteiger partial charge in [-0.3, -0.25) is 9.10 Å². The molecule has 1 aromatic carbocycles. The zero-order chi connectivity index (χ0) is 15.2. The zero-order valence-corrected chi connectivity index (χ0v) is 13.0. The minimum atomic E-state index is -3.48. The van der Waals surface area contributed by atoms with Crippen molar-refractivity contribution in [1.82, 2.24) is 5.32 Å². The highest BCUT2D eigenvalue weighted by atomic mass is 32.2. The average Bonchev–Trinajstić information content (AvgIpc) is 2.45. The Morgan fingerprint density at radius 1 is 1.30 bits per heavy atom. The van der Waals surface area contributed by atoms with Crippen LogP contribution >= 0.6 is 0 Å². The second-order valence-corrected chi connectivity index (χ2v) is 6.87. The number of hydrogen-bond donors (Lipinski definition) is 1. The van der Waals surface area contributed by atoms with Gasteiger partial charge in [-0.15, -0.1) is 0 Å². The first-order chi connectivity index (χ1) is 9.36. The Bertz CT molecular complexity index is 529. The lowest BCUT2D eigenvalue weighted by atomic mass is 10.2. The summed E-state index contributed by atoms with van der Waals surface area (Å²) in [5.74, 6) is -0.426. The first-order valence-electron chi connectivity index (χ1n) is 6.68. The van der Waals surface area contributed by atoms with Crippen LogP contribution in [0.5, 0.6) is 0 Å². The summed E-state index contributed by atoms with van der Waals surface area (Å²) in [6.45, 7) is 3.85. The van der Waals surface area contributed by atoms with E-state index in [-0.39, 0.29) is 24.1 Å². The van der Waals surface area contributed by atoms with Crippen LogP contribution in [-0.2, 0) is 14.8 Å². The molecule has 5 nitrogen and oxygen atoms in total. The SMILES string of the molecule is CCC(C)NC(=O)CCS(=O)(=O)N(C)c1ccccc1. The van der Waals surface area contributed by atoms with Crippen molar-refractivity contribution in [3.8, 4) is 0 Å². The van der Waals surface area contributed by atoms with Crippen molar-refractivity contribution >= 4 is 21.6 Å². The van der Waals surface area contributed by atoms with Crippen molar-refractivity contribution in [2.24, 2.45) is 0 Å². The Hall–Kier alpha value is -1.56. The van der Waals surface area contributed by atoms with E-state index in [1.165, 1.54) is 11.4 Å². The maximum atomic E-state index is 12.1. The highest BCUT2D eigenvalue weighted by Crippen LogP contribution is 2.15. The molecule has 0 saturated heterocycles. The molecule has 0 fully saturated rings. The molecule has 1 N–H and O–H groups in total. The van der Waals surface area contributed by atoms with Crippen LogP contribution in [-0.4, -0.2) is 33.2 Å². The van der Waals surface area contributed by atoms with Crippen LogP contribution in [0.2, 0.25) is 0 Å². The number of sulfonamides is 1. The van der Waals surface area contributed by atoms with E-state index in [4.69, 9.17) is 0 Å². The van der Waals surface area contributed by atoms with Gasteiger partial charge in [-0.25, -0.2) is 8.42 Å². The molecule has 20 heavy (non-hydrogen) atoms. The summed E-state index contributed by atoms with van der Waals surface area (Å²) in [5.41, 5.74) is 0.592. The van der Waals surface area contributed by atoms with E-state index in [2.05, 4.69) is 5.32 Å². The summed E-state index contributed by atoms with van der Waals surface area (Å²) in [6.07, 6.45) is 0.798. The molecule has 0 saturated carbocycles. The number of rotatable bonds is 7. The van der Waals surface area contributed by atoms with Crippen LogP contribution in [0.3, 0.4) is 0 Å². The Labute approximate surface area is 121 Å². The van der Waals surface area contributed by atoms with Crippen molar-refractivity contribution in [3.05, 3.63) is 30.3 Å². The number of carbonyl (C=O) groups is 1. The Kier molecular flexibility index (Phi) is 6.01. The molecule has 0 spiro atoms. The predicted molar refractivity (Wildman–Crippen MR) is 81.1 cm³/mol. The van der Waals surface area contributed by atoms with Crippen LogP contribution in [0, 0.1) is 0 Å². The predicted octanol–water partition coefficient (Wildman–Crippen LogP) is 1.76. The summed E-state index contributed by atoms with van der Waals surface area (Å²) in [6, 6.07) is 8.88. The number of amides is 1. The molecule has 6 heteroatoms. The molecule has 1 amide bonds. The van der Waals surface area contributed by atoms with E-state index < -0.39 is 10.0 Å². The van der Waals surface area contributed by atoms with Crippen molar-refractivity contribution in [2.45, 2.75) is 32.7 Å². The lowest BCUT2D eigenvalue weighted by Gasteiger charge is -2.19. The Balaban J connectivity index is 2.60. The van der Waals surface area contributed by atoms with E-state index in [1.54, 1.807) is 24.3 Å². The highest BCUT2D eigenvalue weighted by molar-refractivity contribution is 7.92. The number of carbonyl (C=O) groups excluding carboxylic acids is 1. The molecule has 0 aliphatic rings. The molecule has 0 radical (unpaired) electrons. The smallest absolute Gasteiger partial charge is 0.235 e. The molecule has 1 unspecified atom stereocenters. The minimum Gasteiger partial charge on any atom is -0.354 e.